The van der Waals surface area contributed by atoms with E-state index in [1.807, 2.05) is 37.9 Å². The van der Waals surface area contributed by atoms with Crippen LogP contribution in [-0.4, -0.2) is 36.4 Å². The lowest BCUT2D eigenvalue weighted by Gasteiger charge is -2.19. The molecule has 0 amide bonds. The molecule has 1 rings (SSSR count). The Balaban J connectivity index is 2.48. The van der Waals surface area contributed by atoms with E-state index in [4.69, 9.17) is 4.74 Å². The van der Waals surface area contributed by atoms with E-state index < -0.39 is 6.10 Å². The lowest BCUT2D eigenvalue weighted by Crippen LogP contribution is -2.24. The molecule has 17 heavy (non-hydrogen) atoms. The molecule has 0 saturated heterocycles. The maximum atomic E-state index is 9.38. The van der Waals surface area contributed by atoms with Gasteiger partial charge in [-0.2, -0.15) is 0 Å². The van der Waals surface area contributed by atoms with Gasteiger partial charge in [0.2, 0.25) is 0 Å². The molecule has 0 radical (unpaired) electrons. The molecule has 0 saturated carbocycles. The summed E-state index contributed by atoms with van der Waals surface area (Å²) >= 11 is 0. The first-order valence-electron chi connectivity index (χ1n) is 5.97. The van der Waals surface area contributed by atoms with Crippen LogP contribution in [-0.2, 0) is 4.74 Å². The van der Waals surface area contributed by atoms with Gasteiger partial charge in [0.1, 0.15) is 5.82 Å². The van der Waals surface area contributed by atoms with Gasteiger partial charge in [-0.05, 0) is 32.4 Å². The number of pyridine rings is 1. The molecule has 1 heterocycles. The smallest absolute Gasteiger partial charge is 0.128 e. The van der Waals surface area contributed by atoms with Crippen molar-refractivity contribution in [2.75, 3.05) is 25.1 Å². The molecule has 0 spiro atoms. The molecule has 4 nitrogen and oxygen atoms in total. The normalized spacial score (nSPS) is 12.8. The van der Waals surface area contributed by atoms with Crippen molar-refractivity contribution in [2.45, 2.75) is 33.0 Å². The lowest BCUT2D eigenvalue weighted by atomic mass is 10.2. The maximum Gasteiger partial charge on any atom is 0.128 e. The van der Waals surface area contributed by atoms with Crippen LogP contribution in [0.15, 0.2) is 18.3 Å². The standard InChI is InChI=1S/C13H22N2O2/c1-10(2)17-8-7-15(4)13-6-5-12(9-14-13)11(3)16/h5-6,9-11,16H,7-8H2,1-4H3/t11-/m0/s1. The summed E-state index contributed by atoms with van der Waals surface area (Å²) in [6.07, 6.45) is 1.50. The minimum absolute atomic E-state index is 0.258. The quantitative estimate of drug-likeness (QED) is 0.823. The highest BCUT2D eigenvalue weighted by molar-refractivity contribution is 5.38. The molecular weight excluding hydrogens is 216 g/mol. The fourth-order valence-electron chi connectivity index (χ4n) is 1.41. The zero-order valence-electron chi connectivity index (χ0n) is 11.1. The van der Waals surface area contributed by atoms with E-state index in [9.17, 15) is 5.11 Å². The van der Waals surface area contributed by atoms with Crippen molar-refractivity contribution in [2.24, 2.45) is 0 Å². The van der Waals surface area contributed by atoms with Gasteiger partial charge in [0, 0.05) is 19.8 Å². The monoisotopic (exact) mass is 238 g/mol. The van der Waals surface area contributed by atoms with Crippen molar-refractivity contribution in [1.82, 2.24) is 4.98 Å². The molecule has 1 aromatic heterocycles. The Hall–Kier alpha value is -1.13. The average molecular weight is 238 g/mol. The number of likely N-dealkylation sites (N-methyl/N-ethyl adjacent to an activating group) is 1. The first-order valence-corrected chi connectivity index (χ1v) is 5.97. The molecule has 0 aliphatic carbocycles. The number of aliphatic hydroxyl groups excluding tert-OH is 1. The van der Waals surface area contributed by atoms with Crippen LogP contribution in [0.25, 0.3) is 0 Å². The lowest BCUT2D eigenvalue weighted by molar-refractivity contribution is 0.0845. The van der Waals surface area contributed by atoms with Crippen molar-refractivity contribution >= 4 is 5.82 Å². The highest BCUT2D eigenvalue weighted by Gasteiger charge is 2.05. The maximum absolute atomic E-state index is 9.38. The van der Waals surface area contributed by atoms with Gasteiger partial charge in [-0.3, -0.25) is 0 Å². The topological polar surface area (TPSA) is 45.6 Å². The fraction of sp³-hybridized carbons (Fsp3) is 0.615. The SMILES string of the molecule is CC(C)OCCN(C)c1ccc([C@H](C)O)cn1. The summed E-state index contributed by atoms with van der Waals surface area (Å²) in [5, 5.41) is 9.38. The van der Waals surface area contributed by atoms with E-state index >= 15 is 0 Å². The Kier molecular flexibility index (Phi) is 5.38. The summed E-state index contributed by atoms with van der Waals surface area (Å²) in [7, 11) is 1.98. The van der Waals surface area contributed by atoms with Gasteiger partial charge in [-0.15, -0.1) is 0 Å². The van der Waals surface area contributed by atoms with Crippen LogP contribution in [0, 0.1) is 0 Å². The number of aromatic nitrogens is 1. The van der Waals surface area contributed by atoms with Crippen LogP contribution in [0.3, 0.4) is 0 Å². The van der Waals surface area contributed by atoms with Gasteiger partial charge in [-0.1, -0.05) is 6.07 Å². The largest absolute Gasteiger partial charge is 0.389 e. The minimum atomic E-state index is -0.467. The second-order valence-electron chi connectivity index (χ2n) is 4.47. The predicted octanol–water partition coefficient (Wildman–Crippen LogP) is 2.00. The minimum Gasteiger partial charge on any atom is -0.389 e. The Labute approximate surface area is 103 Å². The zero-order valence-corrected chi connectivity index (χ0v) is 11.1. The van der Waals surface area contributed by atoms with E-state index in [-0.39, 0.29) is 6.10 Å². The van der Waals surface area contributed by atoms with Crippen molar-refractivity contribution in [1.29, 1.82) is 0 Å². The first kappa shape index (κ1) is 13.9. The Bertz CT molecular complexity index is 323. The van der Waals surface area contributed by atoms with Crippen LogP contribution < -0.4 is 4.90 Å². The summed E-state index contributed by atoms with van der Waals surface area (Å²) in [6.45, 7) is 7.27. The first-order chi connectivity index (χ1) is 8.00. The van der Waals surface area contributed by atoms with Crippen LogP contribution in [0.4, 0.5) is 5.82 Å². The number of hydrogen-bond acceptors (Lipinski definition) is 4. The molecule has 0 aromatic carbocycles. The second kappa shape index (κ2) is 6.57. The van der Waals surface area contributed by atoms with Gasteiger partial charge in [-0.25, -0.2) is 4.98 Å². The van der Waals surface area contributed by atoms with Crippen LogP contribution in [0.1, 0.15) is 32.4 Å². The number of aliphatic hydroxyl groups is 1. The summed E-state index contributed by atoms with van der Waals surface area (Å²) < 4.78 is 5.49. The Morgan fingerprint density at radius 3 is 2.53 bits per heavy atom. The van der Waals surface area contributed by atoms with E-state index in [0.29, 0.717) is 6.61 Å². The molecule has 0 unspecified atom stereocenters. The number of anilines is 1. The summed E-state index contributed by atoms with van der Waals surface area (Å²) in [6, 6.07) is 3.81. The zero-order chi connectivity index (χ0) is 12.8. The molecular formula is C13H22N2O2. The summed E-state index contributed by atoms with van der Waals surface area (Å²) in [5.41, 5.74) is 0.834. The molecule has 0 aliphatic heterocycles. The van der Waals surface area contributed by atoms with Crippen LogP contribution in [0.2, 0.25) is 0 Å². The van der Waals surface area contributed by atoms with E-state index in [1.165, 1.54) is 0 Å². The highest BCUT2D eigenvalue weighted by atomic mass is 16.5. The molecule has 1 atom stereocenters. The molecule has 96 valence electrons. The van der Waals surface area contributed by atoms with Gasteiger partial charge in [0.15, 0.2) is 0 Å². The van der Waals surface area contributed by atoms with Gasteiger partial charge in [0.05, 0.1) is 18.8 Å². The molecule has 4 heteroatoms. The van der Waals surface area contributed by atoms with E-state index in [2.05, 4.69) is 4.98 Å². The Morgan fingerprint density at radius 1 is 1.35 bits per heavy atom. The number of ether oxygens (including phenoxy) is 1. The van der Waals surface area contributed by atoms with Gasteiger partial charge >= 0.3 is 0 Å². The average Bonchev–Trinajstić information content (AvgIpc) is 2.28. The van der Waals surface area contributed by atoms with Crippen LogP contribution >= 0.6 is 0 Å². The fourth-order valence-corrected chi connectivity index (χ4v) is 1.41. The molecule has 0 aliphatic rings. The predicted molar refractivity (Wildman–Crippen MR) is 69.2 cm³/mol. The number of rotatable bonds is 6. The van der Waals surface area contributed by atoms with Gasteiger partial charge < -0.3 is 14.7 Å². The van der Waals surface area contributed by atoms with Crippen LogP contribution in [0.5, 0.6) is 0 Å². The van der Waals surface area contributed by atoms with E-state index in [0.717, 1.165) is 17.9 Å². The van der Waals surface area contributed by atoms with E-state index in [1.54, 1.807) is 13.1 Å². The Morgan fingerprint density at radius 2 is 2.06 bits per heavy atom. The third-order valence-electron chi connectivity index (χ3n) is 2.52. The highest BCUT2D eigenvalue weighted by Crippen LogP contribution is 2.14. The van der Waals surface area contributed by atoms with Crippen molar-refractivity contribution < 1.29 is 9.84 Å². The van der Waals surface area contributed by atoms with Gasteiger partial charge in [0.25, 0.3) is 0 Å². The number of hydrogen-bond donors (Lipinski definition) is 1. The summed E-state index contributed by atoms with van der Waals surface area (Å²) in [4.78, 5) is 6.34. The summed E-state index contributed by atoms with van der Waals surface area (Å²) in [5.74, 6) is 0.891. The molecule has 1 aromatic rings. The molecule has 1 N–H and O–H groups in total. The van der Waals surface area contributed by atoms with Crippen molar-refractivity contribution in [3.63, 3.8) is 0 Å². The van der Waals surface area contributed by atoms with Crippen molar-refractivity contribution in [3.05, 3.63) is 23.9 Å². The third-order valence-corrected chi connectivity index (χ3v) is 2.52. The second-order valence-corrected chi connectivity index (χ2v) is 4.47. The molecule has 0 bridgehead atoms. The number of nitrogens with zero attached hydrogens (tertiary/aromatic N) is 2. The third kappa shape index (κ3) is 4.71. The molecule has 0 fully saturated rings. The van der Waals surface area contributed by atoms with Crippen molar-refractivity contribution in [3.8, 4) is 0 Å².